The first kappa shape index (κ1) is 24.6. The molecule has 182 valence electrons. The van der Waals surface area contributed by atoms with Crippen LogP contribution in [0.15, 0.2) is 84.6 Å². The number of aliphatic hydroxyl groups is 1. The Kier molecular flexibility index (Phi) is 7.60. The number of hydrogen-bond donors (Lipinski definition) is 1. The number of aryl methyl sites for hydroxylation is 1. The largest absolute Gasteiger partial charge is 0.515 e. The smallest absolute Gasteiger partial charge is 0.196 e. The number of hydrogen-bond acceptors (Lipinski definition) is 4. The first-order valence-electron chi connectivity index (χ1n) is 12.3. The van der Waals surface area contributed by atoms with Gasteiger partial charge in [-0.1, -0.05) is 74.5 Å². The van der Waals surface area contributed by atoms with Crippen molar-refractivity contribution in [3.8, 4) is 11.5 Å². The van der Waals surface area contributed by atoms with E-state index >= 15 is 0 Å². The van der Waals surface area contributed by atoms with Gasteiger partial charge in [-0.3, -0.25) is 4.79 Å². The van der Waals surface area contributed by atoms with Crippen LogP contribution in [-0.4, -0.2) is 17.0 Å². The van der Waals surface area contributed by atoms with Gasteiger partial charge < -0.3 is 14.6 Å². The second-order valence-electron chi connectivity index (χ2n) is 9.97. The number of allylic oxidation sites excluding steroid dienone is 1. The molecule has 3 aromatic rings. The Morgan fingerprint density at radius 1 is 1.00 bits per heavy atom. The second-order valence-corrected chi connectivity index (χ2v) is 9.97. The molecule has 1 aliphatic carbocycles. The number of Topliss-reactive ketones (excluding diaryl/α,β-unsaturated/α-hetero) is 1. The van der Waals surface area contributed by atoms with Crippen molar-refractivity contribution in [2.45, 2.75) is 59.2 Å². The highest BCUT2D eigenvalue weighted by atomic mass is 16.5. The third kappa shape index (κ3) is 5.94. The van der Waals surface area contributed by atoms with E-state index in [1.54, 1.807) is 0 Å². The van der Waals surface area contributed by atoms with E-state index in [0.29, 0.717) is 35.7 Å². The number of benzene rings is 3. The molecule has 0 saturated carbocycles. The molecule has 0 aromatic heterocycles. The lowest BCUT2D eigenvalue weighted by Crippen LogP contribution is -2.31. The number of aliphatic hydroxyl groups excluding tert-OH is 1. The summed E-state index contributed by atoms with van der Waals surface area (Å²) < 4.78 is 12.5. The van der Waals surface area contributed by atoms with E-state index in [1.807, 2.05) is 62.4 Å². The van der Waals surface area contributed by atoms with Gasteiger partial charge in [0.1, 0.15) is 18.1 Å². The molecule has 0 aliphatic heterocycles. The highest BCUT2D eigenvalue weighted by Gasteiger charge is 2.39. The summed E-state index contributed by atoms with van der Waals surface area (Å²) in [4.78, 5) is 13.4. The third-order valence-electron chi connectivity index (χ3n) is 6.61. The molecular weight excluding hydrogens is 436 g/mol. The van der Waals surface area contributed by atoms with Gasteiger partial charge in [0.25, 0.3) is 0 Å². The van der Waals surface area contributed by atoms with Gasteiger partial charge in [-0.2, -0.15) is 0 Å². The van der Waals surface area contributed by atoms with Crippen LogP contribution in [0.3, 0.4) is 0 Å². The molecule has 4 heteroatoms. The quantitative estimate of drug-likeness (QED) is 0.264. The van der Waals surface area contributed by atoms with Crippen LogP contribution >= 0.6 is 0 Å². The normalized spacial score (nSPS) is 16.5. The van der Waals surface area contributed by atoms with E-state index in [-0.39, 0.29) is 11.9 Å². The predicted molar refractivity (Wildman–Crippen MR) is 139 cm³/mol. The lowest BCUT2D eigenvalue weighted by atomic mass is 9.70. The average Bonchev–Trinajstić information content (AvgIpc) is 2.83. The minimum atomic E-state index is -0.477. The van der Waals surface area contributed by atoms with Crippen LogP contribution in [0.5, 0.6) is 11.5 Å². The van der Waals surface area contributed by atoms with E-state index < -0.39 is 5.41 Å². The third-order valence-corrected chi connectivity index (χ3v) is 6.61. The molecule has 1 aliphatic rings. The first-order chi connectivity index (χ1) is 16.9. The molecule has 0 bridgehead atoms. The fraction of sp³-hybridized carbons (Fsp3) is 0.323. The van der Waals surface area contributed by atoms with Crippen molar-refractivity contribution in [2.75, 3.05) is 0 Å². The number of ketones is 1. The maximum absolute atomic E-state index is 13.4. The zero-order valence-corrected chi connectivity index (χ0v) is 20.8. The van der Waals surface area contributed by atoms with E-state index in [9.17, 15) is 9.90 Å². The number of fused-ring (bicyclic) bond motifs is 1. The van der Waals surface area contributed by atoms with E-state index in [2.05, 4.69) is 31.2 Å². The zero-order chi connectivity index (χ0) is 24.8. The Morgan fingerprint density at radius 3 is 2.31 bits per heavy atom. The summed E-state index contributed by atoms with van der Waals surface area (Å²) in [6, 6.07) is 24.1. The summed E-state index contributed by atoms with van der Waals surface area (Å²) >= 11 is 0. The molecular formula is C31H34O4. The summed E-state index contributed by atoms with van der Waals surface area (Å²) in [5, 5.41) is 9.81. The van der Waals surface area contributed by atoms with Gasteiger partial charge in [-0.25, -0.2) is 0 Å². The van der Waals surface area contributed by atoms with Crippen molar-refractivity contribution in [3.05, 3.63) is 107 Å². The summed E-state index contributed by atoms with van der Waals surface area (Å²) in [5.74, 6) is 1.01. The lowest BCUT2D eigenvalue weighted by molar-refractivity contribution is 0.0985. The zero-order valence-electron chi connectivity index (χ0n) is 20.8. The summed E-state index contributed by atoms with van der Waals surface area (Å²) in [7, 11) is 0. The van der Waals surface area contributed by atoms with Crippen molar-refractivity contribution in [2.24, 2.45) is 5.41 Å². The molecule has 1 atom stereocenters. The van der Waals surface area contributed by atoms with Gasteiger partial charge in [0.15, 0.2) is 5.78 Å². The molecule has 0 radical (unpaired) electrons. The minimum Gasteiger partial charge on any atom is -0.515 e. The van der Waals surface area contributed by atoms with Gasteiger partial charge >= 0.3 is 0 Å². The molecule has 1 unspecified atom stereocenters. The molecule has 1 N–H and O–H groups in total. The minimum absolute atomic E-state index is 0.0268. The topological polar surface area (TPSA) is 55.8 Å². The summed E-state index contributed by atoms with van der Waals surface area (Å²) in [6.07, 6.45) is 4.56. The summed E-state index contributed by atoms with van der Waals surface area (Å²) in [6.45, 7) is 6.37. The number of rotatable bonds is 9. The van der Waals surface area contributed by atoms with Crippen molar-refractivity contribution in [3.63, 3.8) is 0 Å². The van der Waals surface area contributed by atoms with Crippen LogP contribution < -0.4 is 9.47 Å². The molecule has 4 rings (SSSR count). The molecule has 0 spiro atoms. The fourth-order valence-electron chi connectivity index (χ4n) is 4.74. The molecule has 35 heavy (non-hydrogen) atoms. The van der Waals surface area contributed by atoms with Crippen LogP contribution in [0.25, 0.3) is 0 Å². The average molecular weight is 471 g/mol. The molecule has 0 fully saturated rings. The molecule has 0 amide bonds. The Hall–Kier alpha value is -3.53. The first-order valence-corrected chi connectivity index (χ1v) is 12.3. The van der Waals surface area contributed by atoms with Crippen LogP contribution in [-0.2, 0) is 19.4 Å². The standard InChI is InChI=1S/C31H34O4/c1-22(11-10-16-23-12-6-4-7-13-23)35-26-17-25-19-31(2,3)27(20-32)30(33)29(25)28(18-26)34-21-24-14-8-5-9-15-24/h4-9,12-15,17-18,20,22,32H,10-11,16,19,21H2,1-3H3. The molecule has 4 nitrogen and oxygen atoms in total. The second kappa shape index (κ2) is 10.8. The van der Waals surface area contributed by atoms with Gasteiger partial charge in [-0.15, -0.1) is 0 Å². The van der Waals surface area contributed by atoms with E-state index in [0.717, 1.165) is 36.7 Å². The lowest BCUT2D eigenvalue weighted by Gasteiger charge is -2.33. The molecule has 0 heterocycles. The number of carbonyl (C=O) groups excluding carboxylic acids is 1. The number of carbonyl (C=O) groups is 1. The summed E-state index contributed by atoms with van der Waals surface area (Å²) in [5.41, 5.74) is 3.68. The highest BCUT2D eigenvalue weighted by Crippen LogP contribution is 2.44. The van der Waals surface area contributed by atoms with Crippen LogP contribution in [0, 0.1) is 5.41 Å². The van der Waals surface area contributed by atoms with Gasteiger partial charge in [0.2, 0.25) is 0 Å². The van der Waals surface area contributed by atoms with Crippen molar-refractivity contribution >= 4 is 5.78 Å². The predicted octanol–water partition coefficient (Wildman–Crippen LogP) is 7.26. The molecule has 3 aromatic carbocycles. The maximum atomic E-state index is 13.4. The number of ether oxygens (including phenoxy) is 2. The van der Waals surface area contributed by atoms with Gasteiger partial charge in [0.05, 0.1) is 17.9 Å². The van der Waals surface area contributed by atoms with E-state index in [1.165, 1.54) is 5.56 Å². The Bertz CT molecular complexity index is 1180. The van der Waals surface area contributed by atoms with Gasteiger partial charge in [-0.05, 0) is 55.4 Å². The van der Waals surface area contributed by atoms with E-state index in [4.69, 9.17) is 9.47 Å². The van der Waals surface area contributed by atoms with Gasteiger partial charge in [0, 0.05) is 17.1 Å². The van der Waals surface area contributed by atoms with Crippen LogP contribution in [0.2, 0.25) is 0 Å². The fourth-order valence-corrected chi connectivity index (χ4v) is 4.74. The Balaban J connectivity index is 1.55. The molecule has 0 saturated heterocycles. The Labute approximate surface area is 208 Å². The SMILES string of the molecule is CC(CCCc1ccccc1)Oc1cc2c(c(OCc3ccccc3)c1)C(=O)C(=CO)C(C)(C)C2. The maximum Gasteiger partial charge on any atom is 0.196 e. The van der Waals surface area contributed by atoms with Crippen molar-refractivity contribution in [1.82, 2.24) is 0 Å². The Morgan fingerprint density at radius 2 is 1.66 bits per heavy atom. The monoisotopic (exact) mass is 470 g/mol. The van der Waals surface area contributed by atoms with Crippen LogP contribution in [0.4, 0.5) is 0 Å². The van der Waals surface area contributed by atoms with Crippen molar-refractivity contribution in [1.29, 1.82) is 0 Å². The highest BCUT2D eigenvalue weighted by molar-refractivity contribution is 6.13. The van der Waals surface area contributed by atoms with Crippen molar-refractivity contribution < 1.29 is 19.4 Å². The van der Waals surface area contributed by atoms with Crippen LogP contribution in [0.1, 0.15) is 60.7 Å².